The number of carbonyl (C=O) groups is 2. The molecular weight excluding hydrogens is 416 g/mol. The standard InChI is InChI=1S/C12H18O6.C8H18O5/c1-3-11(13)17-9-7-15-5-6-16-8-10-18-12(14)4-2;9-1-3-11-5-7-13-8-6-12-4-2-10/h3-4H,1-2,5-10H2;9-10H,1-8H2. The molecule has 2 N–H and O–H groups in total. The third kappa shape index (κ3) is 30.4. The van der Waals surface area contributed by atoms with Crippen LogP contribution in [0, 0.1) is 0 Å². The van der Waals surface area contributed by atoms with Gasteiger partial charge in [-0.05, 0) is 0 Å². The molecule has 0 spiro atoms. The Labute approximate surface area is 183 Å². The monoisotopic (exact) mass is 452 g/mol. The first-order valence-corrected chi connectivity index (χ1v) is 9.81. The van der Waals surface area contributed by atoms with Crippen molar-refractivity contribution in [3.63, 3.8) is 0 Å². The molecule has 0 aliphatic heterocycles. The molecule has 0 amide bonds. The fourth-order valence-electron chi connectivity index (χ4n) is 1.51. The lowest BCUT2D eigenvalue weighted by molar-refractivity contribution is -0.141. The van der Waals surface area contributed by atoms with Crippen LogP contribution in [-0.4, -0.2) is 115 Å². The predicted molar refractivity (Wildman–Crippen MR) is 111 cm³/mol. The van der Waals surface area contributed by atoms with Gasteiger partial charge >= 0.3 is 11.9 Å². The summed E-state index contributed by atoms with van der Waals surface area (Å²) in [7, 11) is 0. The van der Waals surface area contributed by atoms with Crippen molar-refractivity contribution in [1.82, 2.24) is 0 Å². The summed E-state index contributed by atoms with van der Waals surface area (Å²) in [4.78, 5) is 21.3. The Balaban J connectivity index is 0. The summed E-state index contributed by atoms with van der Waals surface area (Å²) in [5, 5.41) is 16.7. The van der Waals surface area contributed by atoms with Gasteiger partial charge in [0.05, 0.1) is 79.3 Å². The molecule has 0 aromatic carbocycles. The zero-order valence-corrected chi connectivity index (χ0v) is 18.0. The highest BCUT2D eigenvalue weighted by Gasteiger charge is 1.97. The van der Waals surface area contributed by atoms with E-state index in [-0.39, 0.29) is 26.4 Å². The molecule has 0 rings (SSSR count). The van der Waals surface area contributed by atoms with Crippen LogP contribution in [0.15, 0.2) is 25.3 Å². The average Bonchev–Trinajstić information content (AvgIpc) is 2.79. The fraction of sp³-hybridized carbons (Fsp3) is 0.700. The Kier molecular flexibility index (Phi) is 28.4. The molecule has 182 valence electrons. The number of aliphatic hydroxyl groups is 2. The fourth-order valence-corrected chi connectivity index (χ4v) is 1.51. The van der Waals surface area contributed by atoms with Crippen molar-refractivity contribution in [2.24, 2.45) is 0 Å². The molecule has 0 radical (unpaired) electrons. The first-order valence-electron chi connectivity index (χ1n) is 9.81. The van der Waals surface area contributed by atoms with Gasteiger partial charge in [0.2, 0.25) is 0 Å². The second kappa shape index (κ2) is 28.1. The average molecular weight is 452 g/mol. The Morgan fingerprint density at radius 3 is 1.03 bits per heavy atom. The maximum atomic E-state index is 10.6. The Bertz CT molecular complexity index is 391. The molecule has 0 aromatic rings. The quantitative estimate of drug-likeness (QED) is 0.132. The molecule has 31 heavy (non-hydrogen) atoms. The summed E-state index contributed by atoms with van der Waals surface area (Å²) in [6.45, 7) is 11.0. The third-order valence-corrected chi connectivity index (χ3v) is 2.86. The highest BCUT2D eigenvalue weighted by atomic mass is 16.6. The topological polar surface area (TPSA) is 139 Å². The Morgan fingerprint density at radius 2 is 0.774 bits per heavy atom. The molecule has 0 atom stereocenters. The lowest BCUT2D eigenvalue weighted by Crippen LogP contribution is -2.13. The molecule has 0 bridgehead atoms. The summed E-state index contributed by atoms with van der Waals surface area (Å²) in [6, 6.07) is 0. The first-order chi connectivity index (χ1) is 15.1. The van der Waals surface area contributed by atoms with E-state index in [2.05, 4.69) is 22.6 Å². The van der Waals surface area contributed by atoms with E-state index in [0.717, 1.165) is 12.2 Å². The second-order valence-electron chi connectivity index (χ2n) is 5.25. The lowest BCUT2D eigenvalue weighted by atomic mass is 10.6. The minimum Gasteiger partial charge on any atom is -0.460 e. The number of rotatable bonds is 21. The summed E-state index contributed by atoms with van der Waals surface area (Å²) in [5.41, 5.74) is 0. The number of hydrogen-bond acceptors (Lipinski definition) is 11. The highest BCUT2D eigenvalue weighted by molar-refractivity contribution is 5.81. The zero-order chi connectivity index (χ0) is 23.4. The van der Waals surface area contributed by atoms with Gasteiger partial charge in [-0.25, -0.2) is 9.59 Å². The molecule has 0 saturated carbocycles. The van der Waals surface area contributed by atoms with E-state index < -0.39 is 11.9 Å². The van der Waals surface area contributed by atoms with Crippen LogP contribution in [0.2, 0.25) is 0 Å². The molecule has 0 heterocycles. The minimum atomic E-state index is -0.473. The molecule has 0 unspecified atom stereocenters. The smallest absolute Gasteiger partial charge is 0.330 e. The summed E-state index contributed by atoms with van der Waals surface area (Å²) >= 11 is 0. The predicted octanol–water partition coefficient (Wildman–Crippen LogP) is -0.501. The molecule has 0 aromatic heterocycles. The van der Waals surface area contributed by atoms with E-state index in [4.69, 9.17) is 33.9 Å². The molecular formula is C20H36O11. The van der Waals surface area contributed by atoms with Crippen LogP contribution < -0.4 is 0 Å². The van der Waals surface area contributed by atoms with Gasteiger partial charge in [-0.3, -0.25) is 0 Å². The normalized spacial score (nSPS) is 10.0. The van der Waals surface area contributed by atoms with Crippen molar-refractivity contribution < 1.29 is 53.0 Å². The van der Waals surface area contributed by atoms with Crippen LogP contribution in [0.5, 0.6) is 0 Å². The van der Waals surface area contributed by atoms with Crippen LogP contribution in [0.25, 0.3) is 0 Å². The van der Waals surface area contributed by atoms with Crippen molar-refractivity contribution >= 4 is 11.9 Å². The second-order valence-corrected chi connectivity index (χ2v) is 5.25. The van der Waals surface area contributed by atoms with Gasteiger partial charge in [0, 0.05) is 12.2 Å². The van der Waals surface area contributed by atoms with E-state index >= 15 is 0 Å². The van der Waals surface area contributed by atoms with Crippen LogP contribution in [0.1, 0.15) is 0 Å². The minimum absolute atomic E-state index is 0.0413. The molecule has 0 aliphatic rings. The van der Waals surface area contributed by atoms with Gasteiger partial charge in [-0.2, -0.15) is 0 Å². The van der Waals surface area contributed by atoms with Gasteiger partial charge in [0.25, 0.3) is 0 Å². The van der Waals surface area contributed by atoms with Gasteiger partial charge in [0.1, 0.15) is 13.2 Å². The van der Waals surface area contributed by atoms with Crippen LogP contribution >= 0.6 is 0 Å². The molecule has 11 heteroatoms. The van der Waals surface area contributed by atoms with Crippen LogP contribution in [0.3, 0.4) is 0 Å². The largest absolute Gasteiger partial charge is 0.460 e. The summed E-state index contributed by atoms with van der Waals surface area (Å²) in [5.74, 6) is -0.947. The lowest BCUT2D eigenvalue weighted by Gasteiger charge is -2.06. The van der Waals surface area contributed by atoms with Crippen LogP contribution in [-0.2, 0) is 42.7 Å². The molecule has 0 fully saturated rings. The Hall–Kier alpha value is -1.86. The molecule has 11 nitrogen and oxygen atoms in total. The maximum Gasteiger partial charge on any atom is 0.330 e. The van der Waals surface area contributed by atoms with E-state index in [1.54, 1.807) is 0 Å². The zero-order valence-electron chi connectivity index (χ0n) is 18.0. The van der Waals surface area contributed by atoms with Gasteiger partial charge in [0.15, 0.2) is 0 Å². The van der Waals surface area contributed by atoms with Crippen molar-refractivity contribution in [2.45, 2.75) is 0 Å². The van der Waals surface area contributed by atoms with E-state index in [9.17, 15) is 9.59 Å². The van der Waals surface area contributed by atoms with Gasteiger partial charge in [-0.15, -0.1) is 0 Å². The van der Waals surface area contributed by atoms with Crippen molar-refractivity contribution in [2.75, 3.05) is 92.5 Å². The summed E-state index contributed by atoms with van der Waals surface area (Å²) < 4.78 is 34.6. The first kappa shape index (κ1) is 31.3. The van der Waals surface area contributed by atoms with E-state index in [1.807, 2.05) is 0 Å². The third-order valence-electron chi connectivity index (χ3n) is 2.86. The van der Waals surface area contributed by atoms with Crippen molar-refractivity contribution in [3.8, 4) is 0 Å². The maximum absolute atomic E-state index is 10.6. The van der Waals surface area contributed by atoms with E-state index in [0.29, 0.717) is 66.1 Å². The number of ether oxygens (including phenoxy) is 7. The van der Waals surface area contributed by atoms with Gasteiger partial charge in [-0.1, -0.05) is 13.2 Å². The highest BCUT2D eigenvalue weighted by Crippen LogP contribution is 1.85. The molecule has 0 saturated heterocycles. The SMILES string of the molecule is C=CC(=O)OCCOCCOCCOC(=O)C=C.OCCOCCOCCOCCO. The number of hydrogen-bond donors (Lipinski definition) is 2. The number of aliphatic hydroxyl groups excluding tert-OH is 2. The Morgan fingerprint density at radius 1 is 0.516 bits per heavy atom. The molecule has 0 aliphatic carbocycles. The number of carbonyl (C=O) groups excluding carboxylic acids is 2. The summed E-state index contributed by atoms with van der Waals surface area (Å²) in [6.07, 6.45) is 2.18. The van der Waals surface area contributed by atoms with Crippen molar-refractivity contribution in [3.05, 3.63) is 25.3 Å². The number of esters is 2. The van der Waals surface area contributed by atoms with Crippen molar-refractivity contribution in [1.29, 1.82) is 0 Å². The van der Waals surface area contributed by atoms with E-state index in [1.165, 1.54) is 0 Å². The van der Waals surface area contributed by atoms with Crippen LogP contribution in [0.4, 0.5) is 0 Å². The van der Waals surface area contributed by atoms with Gasteiger partial charge < -0.3 is 43.4 Å².